The van der Waals surface area contributed by atoms with Crippen LogP contribution in [0.1, 0.15) is 34.7 Å². The van der Waals surface area contributed by atoms with Gasteiger partial charge in [-0.3, -0.25) is 9.10 Å². The monoisotopic (exact) mass is 639 g/mol. The summed E-state index contributed by atoms with van der Waals surface area (Å²) < 4.78 is 81.0. The number of amides is 1. The van der Waals surface area contributed by atoms with Gasteiger partial charge in [0.1, 0.15) is 22.7 Å². The SMILES string of the molecule is CNC(=O)c1c(-c2ccc(F)cc2)oc2cc(N(C)S(C)(=O)=O)c([C@H]3CCCN(S(=O)(=O)c4cc5ccccc5o4)C3)cc12. The highest BCUT2D eigenvalue weighted by atomic mass is 32.2. The lowest BCUT2D eigenvalue weighted by molar-refractivity contribution is 0.0964. The average molecular weight is 640 g/mol. The Morgan fingerprint density at radius 2 is 1.73 bits per heavy atom. The van der Waals surface area contributed by atoms with Crippen LogP contribution in [0, 0.1) is 5.82 Å². The van der Waals surface area contributed by atoms with Gasteiger partial charge in [0.05, 0.1) is 17.5 Å². The van der Waals surface area contributed by atoms with Crippen LogP contribution in [0.2, 0.25) is 0 Å². The highest BCUT2D eigenvalue weighted by Gasteiger charge is 2.36. The van der Waals surface area contributed by atoms with E-state index in [1.165, 1.54) is 48.7 Å². The molecule has 5 aromatic rings. The van der Waals surface area contributed by atoms with Crippen molar-refractivity contribution in [2.24, 2.45) is 0 Å². The number of carbonyl (C=O) groups excluding carboxylic acids is 1. The minimum absolute atomic E-state index is 0.0630. The summed E-state index contributed by atoms with van der Waals surface area (Å²) in [5.74, 6) is -1.13. The van der Waals surface area contributed by atoms with Gasteiger partial charge in [0.15, 0.2) is 0 Å². The Morgan fingerprint density at radius 3 is 2.41 bits per heavy atom. The molecule has 1 N–H and O–H groups in total. The molecule has 0 saturated carbocycles. The van der Waals surface area contributed by atoms with Crippen molar-refractivity contribution in [1.82, 2.24) is 9.62 Å². The standard InChI is InChI=1S/C31H30FN3O7S2/c1-33-31(36)29-24-16-23(21-8-6-14-35(18-21)44(39,40)28-15-20-7-4-5-9-26(20)41-28)25(34(2)43(3,37)38)17-27(24)42-30(29)19-10-12-22(32)13-11-19/h4-5,7,9-13,15-17,21H,6,8,14,18H2,1-3H3,(H,33,36)/t21-/m0/s1. The first kappa shape index (κ1) is 29.9. The predicted molar refractivity (Wildman–Crippen MR) is 165 cm³/mol. The molecule has 1 fully saturated rings. The van der Waals surface area contributed by atoms with Crippen molar-refractivity contribution >= 4 is 53.6 Å². The molecule has 3 heterocycles. The second-order valence-corrected chi connectivity index (χ2v) is 14.7. The number of rotatable bonds is 7. The molecule has 1 atom stereocenters. The van der Waals surface area contributed by atoms with E-state index in [-0.39, 0.29) is 35.1 Å². The van der Waals surface area contributed by atoms with Gasteiger partial charge in [0.25, 0.3) is 15.9 Å². The number of benzene rings is 3. The summed E-state index contributed by atoms with van der Waals surface area (Å²) >= 11 is 0. The molecule has 13 heteroatoms. The van der Waals surface area contributed by atoms with Gasteiger partial charge in [0.2, 0.25) is 15.1 Å². The molecule has 3 aromatic carbocycles. The zero-order valence-corrected chi connectivity index (χ0v) is 25.8. The minimum atomic E-state index is -4.01. The first-order chi connectivity index (χ1) is 20.9. The van der Waals surface area contributed by atoms with Gasteiger partial charge >= 0.3 is 0 Å². The van der Waals surface area contributed by atoms with E-state index in [0.717, 1.165) is 10.6 Å². The summed E-state index contributed by atoms with van der Waals surface area (Å²) in [6.45, 7) is 0.326. The van der Waals surface area contributed by atoms with Crippen LogP contribution in [0.3, 0.4) is 0 Å². The maximum absolute atomic E-state index is 13.7. The fraction of sp³-hybridized carbons (Fsp3) is 0.258. The lowest BCUT2D eigenvalue weighted by Crippen LogP contribution is -2.39. The van der Waals surface area contributed by atoms with Crippen molar-refractivity contribution in [3.63, 3.8) is 0 Å². The second-order valence-electron chi connectivity index (χ2n) is 10.8. The second kappa shape index (κ2) is 11.1. The number of fused-ring (bicyclic) bond motifs is 2. The fourth-order valence-electron chi connectivity index (χ4n) is 5.71. The van der Waals surface area contributed by atoms with Crippen molar-refractivity contribution in [1.29, 1.82) is 0 Å². The van der Waals surface area contributed by atoms with Crippen LogP contribution in [-0.4, -0.2) is 60.5 Å². The van der Waals surface area contributed by atoms with Crippen LogP contribution in [0.5, 0.6) is 0 Å². The van der Waals surface area contributed by atoms with Gasteiger partial charge in [-0.05, 0) is 60.7 Å². The highest BCUT2D eigenvalue weighted by Crippen LogP contribution is 2.42. The normalized spacial score (nSPS) is 16.4. The zero-order chi connectivity index (χ0) is 31.4. The summed E-state index contributed by atoms with van der Waals surface area (Å²) in [5, 5.41) is 3.54. The highest BCUT2D eigenvalue weighted by molar-refractivity contribution is 7.92. The Morgan fingerprint density at radius 1 is 1.00 bits per heavy atom. The topological polar surface area (TPSA) is 130 Å². The number of carbonyl (C=O) groups is 1. The quantitative estimate of drug-likeness (QED) is 0.256. The fourth-order valence-corrected chi connectivity index (χ4v) is 7.70. The zero-order valence-electron chi connectivity index (χ0n) is 24.2. The molecule has 6 rings (SSSR count). The molecule has 0 aliphatic carbocycles. The van der Waals surface area contributed by atoms with Crippen molar-refractivity contribution in [3.05, 3.63) is 83.7 Å². The number of hydrogen-bond donors (Lipinski definition) is 1. The lowest BCUT2D eigenvalue weighted by atomic mass is 9.89. The number of furan rings is 2. The van der Waals surface area contributed by atoms with Gasteiger partial charge < -0.3 is 14.2 Å². The van der Waals surface area contributed by atoms with Crippen LogP contribution < -0.4 is 9.62 Å². The van der Waals surface area contributed by atoms with Crippen LogP contribution in [-0.2, 0) is 20.0 Å². The Balaban J connectivity index is 1.49. The van der Waals surface area contributed by atoms with E-state index in [1.54, 1.807) is 36.4 Å². The van der Waals surface area contributed by atoms with Crippen LogP contribution in [0.25, 0.3) is 33.3 Å². The summed E-state index contributed by atoms with van der Waals surface area (Å²) in [7, 11) is -4.86. The van der Waals surface area contributed by atoms with E-state index >= 15 is 0 Å². The van der Waals surface area contributed by atoms with Crippen molar-refractivity contribution in [3.8, 4) is 11.3 Å². The van der Waals surface area contributed by atoms with Crippen LogP contribution >= 0.6 is 0 Å². The summed E-state index contributed by atoms with van der Waals surface area (Å²) in [6, 6.07) is 17.3. The summed E-state index contributed by atoms with van der Waals surface area (Å²) in [4.78, 5) is 13.2. The molecule has 1 aliphatic rings. The molecule has 1 amide bonds. The summed E-state index contributed by atoms with van der Waals surface area (Å²) in [6.07, 6.45) is 2.15. The molecule has 0 unspecified atom stereocenters. The molecule has 44 heavy (non-hydrogen) atoms. The molecule has 1 aliphatic heterocycles. The van der Waals surface area contributed by atoms with E-state index < -0.39 is 37.7 Å². The number of sulfonamides is 2. The number of anilines is 1. The van der Waals surface area contributed by atoms with Crippen molar-refractivity contribution < 1.29 is 34.9 Å². The molecule has 0 radical (unpaired) electrons. The maximum atomic E-state index is 13.7. The maximum Gasteiger partial charge on any atom is 0.276 e. The lowest BCUT2D eigenvalue weighted by Gasteiger charge is -2.33. The Kier molecular flexibility index (Phi) is 7.50. The van der Waals surface area contributed by atoms with E-state index in [9.17, 15) is 26.0 Å². The molecular weight excluding hydrogens is 609 g/mol. The van der Waals surface area contributed by atoms with Crippen molar-refractivity contribution in [2.75, 3.05) is 37.7 Å². The molecule has 10 nitrogen and oxygen atoms in total. The first-order valence-corrected chi connectivity index (χ1v) is 17.2. The molecule has 0 bridgehead atoms. The van der Waals surface area contributed by atoms with E-state index in [0.29, 0.717) is 46.0 Å². The molecule has 1 saturated heterocycles. The number of halogens is 1. The Bertz CT molecular complexity index is 2090. The predicted octanol–water partition coefficient (Wildman–Crippen LogP) is 5.31. The third-order valence-corrected chi connectivity index (χ3v) is 11.0. The average Bonchev–Trinajstić information content (AvgIpc) is 3.62. The smallest absolute Gasteiger partial charge is 0.276 e. The van der Waals surface area contributed by atoms with E-state index in [2.05, 4.69) is 5.32 Å². The minimum Gasteiger partial charge on any atom is -0.455 e. The number of nitrogens with one attached hydrogen (secondary N) is 1. The van der Waals surface area contributed by atoms with E-state index in [1.807, 2.05) is 0 Å². The molecule has 2 aromatic heterocycles. The molecule has 0 spiro atoms. The van der Waals surface area contributed by atoms with Crippen LogP contribution in [0.15, 0.2) is 80.7 Å². The van der Waals surface area contributed by atoms with Crippen molar-refractivity contribution in [2.45, 2.75) is 23.9 Å². The largest absolute Gasteiger partial charge is 0.455 e. The first-order valence-electron chi connectivity index (χ1n) is 13.9. The number of para-hydroxylation sites is 1. The Labute approximate surface area is 254 Å². The van der Waals surface area contributed by atoms with Crippen LogP contribution in [0.4, 0.5) is 10.1 Å². The van der Waals surface area contributed by atoms with Gasteiger partial charge in [-0.15, -0.1) is 0 Å². The third-order valence-electron chi connectivity index (χ3n) is 8.06. The number of hydrogen-bond acceptors (Lipinski definition) is 7. The summed E-state index contributed by atoms with van der Waals surface area (Å²) in [5.41, 5.74) is 2.22. The van der Waals surface area contributed by atoms with Gasteiger partial charge in [-0.1, -0.05) is 18.2 Å². The molecule has 230 valence electrons. The number of piperidine rings is 1. The van der Waals surface area contributed by atoms with Gasteiger partial charge in [-0.2, -0.15) is 4.31 Å². The Hall–Kier alpha value is -4.20. The van der Waals surface area contributed by atoms with Gasteiger partial charge in [-0.25, -0.2) is 21.2 Å². The number of nitrogens with zero attached hydrogens (tertiary/aromatic N) is 2. The van der Waals surface area contributed by atoms with Gasteiger partial charge in [0, 0.05) is 55.7 Å². The van der Waals surface area contributed by atoms with E-state index in [4.69, 9.17) is 8.83 Å². The third kappa shape index (κ3) is 5.24. The molecular formula is C31H30FN3O7S2.